The Kier molecular flexibility index (Phi) is 4.85. The van der Waals surface area contributed by atoms with Crippen molar-refractivity contribution in [3.8, 4) is 6.07 Å². The van der Waals surface area contributed by atoms with Gasteiger partial charge in [-0.05, 0) is 49.7 Å². The number of rotatable bonds is 4. The Morgan fingerprint density at radius 1 is 1.00 bits per heavy atom. The summed E-state index contributed by atoms with van der Waals surface area (Å²) in [6.07, 6.45) is 3.85. The van der Waals surface area contributed by atoms with Gasteiger partial charge in [-0.25, -0.2) is 0 Å². The number of ketones is 1. The van der Waals surface area contributed by atoms with E-state index in [2.05, 4.69) is 17.0 Å². The number of likely N-dealkylation sites (tertiary alicyclic amines) is 1. The summed E-state index contributed by atoms with van der Waals surface area (Å²) in [5, 5.41) is 8.97. The third-order valence-electron chi connectivity index (χ3n) is 4.30. The molecular formula is C20H20N2O. The average molecular weight is 304 g/mol. The van der Waals surface area contributed by atoms with E-state index in [0.29, 0.717) is 16.7 Å². The van der Waals surface area contributed by atoms with Gasteiger partial charge in [-0.3, -0.25) is 9.69 Å². The van der Waals surface area contributed by atoms with Gasteiger partial charge in [0.15, 0.2) is 5.78 Å². The van der Waals surface area contributed by atoms with Gasteiger partial charge in [-0.1, -0.05) is 36.8 Å². The van der Waals surface area contributed by atoms with Crippen molar-refractivity contribution < 1.29 is 4.79 Å². The molecule has 2 aromatic carbocycles. The van der Waals surface area contributed by atoms with Gasteiger partial charge in [0.2, 0.25) is 0 Å². The van der Waals surface area contributed by atoms with Crippen molar-refractivity contribution in [3.05, 3.63) is 70.8 Å². The highest BCUT2D eigenvalue weighted by Crippen LogP contribution is 2.16. The van der Waals surface area contributed by atoms with E-state index in [1.165, 1.54) is 24.8 Å². The molecule has 0 amide bonds. The second-order valence-corrected chi connectivity index (χ2v) is 6.06. The van der Waals surface area contributed by atoms with Crippen LogP contribution < -0.4 is 0 Å². The molecule has 1 aliphatic heterocycles. The zero-order chi connectivity index (χ0) is 16.1. The largest absolute Gasteiger partial charge is 0.299 e. The first-order valence-electron chi connectivity index (χ1n) is 8.12. The standard InChI is InChI=1S/C20H20N2O/c21-14-16-6-4-8-18(12-16)20(23)19-9-5-7-17(13-19)15-22-10-2-1-3-11-22/h4-9,12-13H,1-3,10-11,15H2. The lowest BCUT2D eigenvalue weighted by Gasteiger charge is -2.26. The quantitative estimate of drug-likeness (QED) is 0.808. The first kappa shape index (κ1) is 15.5. The molecule has 0 aromatic heterocycles. The third kappa shape index (κ3) is 3.85. The molecule has 0 bridgehead atoms. The zero-order valence-electron chi connectivity index (χ0n) is 13.2. The minimum atomic E-state index is -0.0254. The first-order chi connectivity index (χ1) is 11.3. The monoisotopic (exact) mass is 304 g/mol. The van der Waals surface area contributed by atoms with Crippen LogP contribution in [0.1, 0.15) is 46.3 Å². The van der Waals surface area contributed by atoms with Crippen LogP contribution in [0.3, 0.4) is 0 Å². The Bertz CT molecular complexity index is 739. The lowest BCUT2D eigenvalue weighted by molar-refractivity contribution is 0.103. The van der Waals surface area contributed by atoms with Gasteiger partial charge < -0.3 is 0 Å². The van der Waals surface area contributed by atoms with Crippen LogP contribution in [0, 0.1) is 11.3 Å². The fourth-order valence-electron chi connectivity index (χ4n) is 3.08. The topological polar surface area (TPSA) is 44.1 Å². The molecule has 1 aliphatic rings. The molecule has 1 heterocycles. The number of carbonyl (C=O) groups excluding carboxylic acids is 1. The van der Waals surface area contributed by atoms with Gasteiger partial charge in [-0.15, -0.1) is 0 Å². The average Bonchev–Trinajstić information content (AvgIpc) is 2.62. The van der Waals surface area contributed by atoms with E-state index in [9.17, 15) is 4.79 Å². The van der Waals surface area contributed by atoms with Crippen LogP contribution in [-0.4, -0.2) is 23.8 Å². The summed E-state index contributed by atoms with van der Waals surface area (Å²) >= 11 is 0. The Labute approximate surface area is 137 Å². The molecule has 0 aliphatic carbocycles. The van der Waals surface area contributed by atoms with Crippen LogP contribution in [0.25, 0.3) is 0 Å². The maximum atomic E-state index is 12.6. The lowest BCUT2D eigenvalue weighted by Crippen LogP contribution is -2.29. The molecule has 1 saturated heterocycles. The molecule has 3 nitrogen and oxygen atoms in total. The third-order valence-corrected chi connectivity index (χ3v) is 4.30. The predicted octanol–water partition coefficient (Wildman–Crippen LogP) is 3.78. The first-order valence-corrected chi connectivity index (χ1v) is 8.12. The van der Waals surface area contributed by atoms with E-state index < -0.39 is 0 Å². The SMILES string of the molecule is N#Cc1cccc(C(=O)c2cccc(CN3CCCCC3)c2)c1. The highest BCUT2D eigenvalue weighted by Gasteiger charge is 2.13. The number of hydrogen-bond donors (Lipinski definition) is 0. The second-order valence-electron chi connectivity index (χ2n) is 6.06. The van der Waals surface area contributed by atoms with Gasteiger partial charge in [0.1, 0.15) is 0 Å². The number of benzene rings is 2. The number of nitrogens with zero attached hydrogens (tertiary/aromatic N) is 2. The van der Waals surface area contributed by atoms with Crippen molar-refractivity contribution in [1.29, 1.82) is 5.26 Å². The molecule has 3 heteroatoms. The lowest BCUT2D eigenvalue weighted by atomic mass is 9.99. The molecule has 0 atom stereocenters. The summed E-state index contributed by atoms with van der Waals surface area (Å²) < 4.78 is 0. The Balaban J connectivity index is 1.78. The summed E-state index contributed by atoms with van der Waals surface area (Å²) in [7, 11) is 0. The molecule has 3 rings (SSSR count). The van der Waals surface area contributed by atoms with Crippen molar-refractivity contribution in [1.82, 2.24) is 4.90 Å². The molecule has 0 unspecified atom stereocenters. The van der Waals surface area contributed by atoms with E-state index in [0.717, 1.165) is 19.6 Å². The van der Waals surface area contributed by atoms with Crippen LogP contribution in [-0.2, 0) is 6.54 Å². The maximum absolute atomic E-state index is 12.6. The van der Waals surface area contributed by atoms with Crippen LogP contribution in [0.4, 0.5) is 0 Å². The van der Waals surface area contributed by atoms with Crippen LogP contribution in [0.2, 0.25) is 0 Å². The summed E-state index contributed by atoms with van der Waals surface area (Å²) in [6, 6.07) is 16.8. The molecule has 0 radical (unpaired) electrons. The van der Waals surface area contributed by atoms with Crippen molar-refractivity contribution in [2.75, 3.05) is 13.1 Å². The molecule has 0 saturated carbocycles. The molecule has 0 spiro atoms. The van der Waals surface area contributed by atoms with Gasteiger partial charge in [-0.2, -0.15) is 5.26 Å². The Hall–Kier alpha value is -2.44. The fraction of sp³-hybridized carbons (Fsp3) is 0.300. The van der Waals surface area contributed by atoms with Crippen molar-refractivity contribution >= 4 is 5.78 Å². The van der Waals surface area contributed by atoms with Crippen molar-refractivity contribution in [2.24, 2.45) is 0 Å². The summed E-state index contributed by atoms with van der Waals surface area (Å²) in [5.74, 6) is -0.0254. The van der Waals surface area contributed by atoms with Crippen molar-refractivity contribution in [3.63, 3.8) is 0 Å². The van der Waals surface area contributed by atoms with Crippen LogP contribution in [0.5, 0.6) is 0 Å². The molecule has 116 valence electrons. The molecule has 1 fully saturated rings. The second kappa shape index (κ2) is 7.21. The number of hydrogen-bond acceptors (Lipinski definition) is 3. The van der Waals surface area contributed by atoms with Gasteiger partial charge in [0, 0.05) is 17.7 Å². The zero-order valence-corrected chi connectivity index (χ0v) is 13.2. The predicted molar refractivity (Wildman–Crippen MR) is 90.2 cm³/mol. The maximum Gasteiger partial charge on any atom is 0.193 e. The highest BCUT2D eigenvalue weighted by atomic mass is 16.1. The molecule has 23 heavy (non-hydrogen) atoms. The van der Waals surface area contributed by atoms with E-state index in [-0.39, 0.29) is 5.78 Å². The minimum absolute atomic E-state index is 0.0254. The smallest absolute Gasteiger partial charge is 0.193 e. The molecule has 0 N–H and O–H groups in total. The Morgan fingerprint density at radius 2 is 1.70 bits per heavy atom. The number of nitriles is 1. The minimum Gasteiger partial charge on any atom is -0.299 e. The van der Waals surface area contributed by atoms with Gasteiger partial charge in [0.05, 0.1) is 11.6 Å². The van der Waals surface area contributed by atoms with E-state index in [1.54, 1.807) is 24.3 Å². The molecule has 2 aromatic rings. The van der Waals surface area contributed by atoms with E-state index in [4.69, 9.17) is 5.26 Å². The normalized spacial score (nSPS) is 15.1. The van der Waals surface area contributed by atoms with Gasteiger partial charge in [0.25, 0.3) is 0 Å². The Morgan fingerprint density at radius 3 is 2.43 bits per heavy atom. The van der Waals surface area contributed by atoms with E-state index >= 15 is 0 Å². The van der Waals surface area contributed by atoms with Crippen molar-refractivity contribution in [2.45, 2.75) is 25.8 Å². The fourth-order valence-corrected chi connectivity index (χ4v) is 3.08. The summed E-state index contributed by atoms with van der Waals surface area (Å²) in [5.41, 5.74) is 2.95. The van der Waals surface area contributed by atoms with Crippen LogP contribution >= 0.6 is 0 Å². The number of piperidine rings is 1. The highest BCUT2D eigenvalue weighted by molar-refractivity contribution is 6.09. The molecular weight excluding hydrogens is 284 g/mol. The van der Waals surface area contributed by atoms with Crippen LogP contribution in [0.15, 0.2) is 48.5 Å². The van der Waals surface area contributed by atoms with E-state index in [1.807, 2.05) is 18.2 Å². The summed E-state index contributed by atoms with van der Waals surface area (Å²) in [6.45, 7) is 3.18. The number of carbonyl (C=O) groups is 1. The van der Waals surface area contributed by atoms with Gasteiger partial charge >= 0.3 is 0 Å². The summed E-state index contributed by atoms with van der Waals surface area (Å²) in [4.78, 5) is 15.1.